The monoisotopic (exact) mass is 391 g/mol. The van der Waals surface area contributed by atoms with Crippen molar-refractivity contribution in [2.45, 2.75) is 12.1 Å². The summed E-state index contributed by atoms with van der Waals surface area (Å²) in [6.45, 7) is 3.51. The second-order valence-corrected chi connectivity index (χ2v) is 7.53. The van der Waals surface area contributed by atoms with Crippen molar-refractivity contribution >= 4 is 11.6 Å². The average Bonchev–Trinajstić information content (AvgIpc) is 3.34. The smallest absolute Gasteiger partial charge is 0.261 e. The number of hydrogen-bond acceptors (Lipinski definition) is 5. The molecule has 150 valence electrons. The highest BCUT2D eigenvalue weighted by atomic mass is 16.5. The fourth-order valence-corrected chi connectivity index (χ4v) is 4.60. The number of rotatable bonds is 4. The molecule has 0 unspecified atom stereocenters. The van der Waals surface area contributed by atoms with Crippen LogP contribution in [-0.4, -0.2) is 66.8 Å². The van der Waals surface area contributed by atoms with Crippen LogP contribution in [-0.2, 0) is 9.53 Å². The Bertz CT molecular complexity index is 907. The number of fused-ring (bicyclic) bond motifs is 1. The summed E-state index contributed by atoms with van der Waals surface area (Å²) in [7, 11) is 1.67. The molecule has 2 fully saturated rings. The fourth-order valence-electron chi connectivity index (χ4n) is 4.60. The minimum absolute atomic E-state index is 0.0577. The second kappa shape index (κ2) is 7.54. The van der Waals surface area contributed by atoms with Crippen LogP contribution in [0.5, 0.6) is 5.75 Å². The Hall–Kier alpha value is -2.83. The van der Waals surface area contributed by atoms with E-state index in [0.717, 1.165) is 35.7 Å². The summed E-state index contributed by atoms with van der Waals surface area (Å²) >= 11 is 0. The zero-order valence-electron chi connectivity index (χ0n) is 16.5. The molecule has 2 aromatic rings. The largest absolute Gasteiger partial charge is 0.497 e. The molecule has 0 bridgehead atoms. The summed E-state index contributed by atoms with van der Waals surface area (Å²) in [5.41, 5.74) is 3.32. The number of ether oxygens (including phenoxy) is 2. The molecule has 2 atom stereocenters. The van der Waals surface area contributed by atoms with Crippen molar-refractivity contribution in [2.75, 3.05) is 40.0 Å². The van der Waals surface area contributed by atoms with Gasteiger partial charge in [0.15, 0.2) is 0 Å². The van der Waals surface area contributed by atoms with Gasteiger partial charge in [-0.25, -0.2) is 5.01 Å². The van der Waals surface area contributed by atoms with E-state index in [4.69, 9.17) is 9.47 Å². The molecule has 0 aliphatic carbocycles. The standard InChI is InChI=1S/C23H25N3O3/c1-28-19-9-7-17(8-10-19)20-11-12-25-23(27)22(24-13-15-29-16-14-24)21(26(20)25)18-5-3-2-4-6-18/h2-11,21-22H,12-16H2,1H3/t21-,22-/m0/s1. The molecular weight excluding hydrogens is 366 g/mol. The van der Waals surface area contributed by atoms with Crippen molar-refractivity contribution in [1.29, 1.82) is 0 Å². The third-order valence-corrected chi connectivity index (χ3v) is 6.00. The molecule has 3 heterocycles. The molecule has 1 amide bonds. The number of carbonyl (C=O) groups excluding carboxylic acids is 1. The predicted octanol–water partition coefficient (Wildman–Crippen LogP) is 2.55. The highest BCUT2D eigenvalue weighted by Crippen LogP contribution is 2.44. The first-order chi connectivity index (χ1) is 14.3. The van der Waals surface area contributed by atoms with Gasteiger partial charge in [-0.15, -0.1) is 0 Å². The van der Waals surface area contributed by atoms with E-state index in [9.17, 15) is 4.79 Å². The molecule has 2 saturated heterocycles. The molecule has 0 radical (unpaired) electrons. The van der Waals surface area contributed by atoms with E-state index < -0.39 is 0 Å². The lowest BCUT2D eigenvalue weighted by Gasteiger charge is -2.36. The van der Waals surface area contributed by atoms with Crippen LogP contribution in [0.3, 0.4) is 0 Å². The maximum atomic E-state index is 13.5. The van der Waals surface area contributed by atoms with Crippen LogP contribution in [0, 0.1) is 0 Å². The zero-order valence-corrected chi connectivity index (χ0v) is 16.5. The molecule has 29 heavy (non-hydrogen) atoms. The Labute approximate surface area is 170 Å². The van der Waals surface area contributed by atoms with Gasteiger partial charge >= 0.3 is 0 Å². The highest BCUT2D eigenvalue weighted by molar-refractivity contribution is 5.89. The Morgan fingerprint density at radius 2 is 1.69 bits per heavy atom. The first-order valence-corrected chi connectivity index (χ1v) is 10.1. The van der Waals surface area contributed by atoms with Crippen LogP contribution < -0.4 is 4.74 Å². The molecule has 2 aromatic carbocycles. The van der Waals surface area contributed by atoms with Crippen LogP contribution >= 0.6 is 0 Å². The van der Waals surface area contributed by atoms with Crippen molar-refractivity contribution in [3.05, 3.63) is 71.8 Å². The lowest BCUT2D eigenvalue weighted by atomic mass is 9.96. The van der Waals surface area contributed by atoms with Crippen LogP contribution in [0.4, 0.5) is 0 Å². The highest BCUT2D eigenvalue weighted by Gasteiger charge is 2.52. The summed E-state index contributed by atoms with van der Waals surface area (Å²) in [5, 5.41) is 4.09. The number of hydrogen-bond donors (Lipinski definition) is 0. The van der Waals surface area contributed by atoms with Crippen molar-refractivity contribution in [3.8, 4) is 5.75 Å². The maximum Gasteiger partial charge on any atom is 0.261 e. The molecule has 3 aliphatic rings. The van der Waals surface area contributed by atoms with Crippen molar-refractivity contribution in [3.63, 3.8) is 0 Å². The average molecular weight is 391 g/mol. The van der Waals surface area contributed by atoms with Crippen molar-refractivity contribution < 1.29 is 14.3 Å². The SMILES string of the molecule is COc1ccc(C2=CCN3C(=O)[C@@H](N4CCOCC4)[C@H](c4ccccc4)N23)cc1. The van der Waals surface area contributed by atoms with E-state index >= 15 is 0 Å². The number of methoxy groups -OCH3 is 1. The van der Waals surface area contributed by atoms with E-state index in [0.29, 0.717) is 19.8 Å². The molecule has 6 nitrogen and oxygen atoms in total. The predicted molar refractivity (Wildman–Crippen MR) is 110 cm³/mol. The van der Waals surface area contributed by atoms with Gasteiger partial charge in [0, 0.05) is 13.1 Å². The van der Waals surface area contributed by atoms with Crippen LogP contribution in [0.2, 0.25) is 0 Å². The summed E-state index contributed by atoms with van der Waals surface area (Å²) in [4.78, 5) is 15.8. The number of nitrogens with zero attached hydrogens (tertiary/aromatic N) is 3. The van der Waals surface area contributed by atoms with E-state index in [1.807, 2.05) is 35.3 Å². The molecule has 0 N–H and O–H groups in total. The van der Waals surface area contributed by atoms with E-state index in [1.54, 1.807) is 7.11 Å². The minimum atomic E-state index is -0.205. The summed E-state index contributed by atoms with van der Waals surface area (Å²) in [6, 6.07) is 18.1. The van der Waals surface area contributed by atoms with Crippen molar-refractivity contribution in [1.82, 2.24) is 14.9 Å². The van der Waals surface area contributed by atoms with Gasteiger partial charge in [0.1, 0.15) is 17.8 Å². The number of hydrazine groups is 1. The van der Waals surface area contributed by atoms with Gasteiger partial charge in [-0.3, -0.25) is 14.7 Å². The van der Waals surface area contributed by atoms with Gasteiger partial charge in [0.25, 0.3) is 5.91 Å². The van der Waals surface area contributed by atoms with Crippen LogP contribution in [0.15, 0.2) is 60.7 Å². The molecule has 5 rings (SSSR count). The van der Waals surface area contributed by atoms with E-state index in [-0.39, 0.29) is 18.0 Å². The van der Waals surface area contributed by atoms with Gasteiger partial charge in [0.05, 0.1) is 32.6 Å². The van der Waals surface area contributed by atoms with Gasteiger partial charge in [0.2, 0.25) is 0 Å². The molecule has 0 spiro atoms. The quantitative estimate of drug-likeness (QED) is 0.802. The molecular formula is C23H25N3O3. The van der Waals surface area contributed by atoms with E-state index in [2.05, 4.69) is 40.3 Å². The van der Waals surface area contributed by atoms with Crippen LogP contribution in [0.1, 0.15) is 17.2 Å². The number of benzene rings is 2. The molecule has 3 aliphatic heterocycles. The van der Waals surface area contributed by atoms with Gasteiger partial charge < -0.3 is 9.47 Å². The Balaban J connectivity index is 1.55. The maximum absolute atomic E-state index is 13.5. The second-order valence-electron chi connectivity index (χ2n) is 7.53. The zero-order chi connectivity index (χ0) is 19.8. The van der Waals surface area contributed by atoms with Gasteiger partial charge in [-0.2, -0.15) is 0 Å². The number of morpholine rings is 1. The molecule has 0 saturated carbocycles. The Morgan fingerprint density at radius 3 is 2.38 bits per heavy atom. The lowest BCUT2D eigenvalue weighted by Crippen LogP contribution is -2.49. The first-order valence-electron chi connectivity index (χ1n) is 10.1. The lowest BCUT2D eigenvalue weighted by molar-refractivity contribution is -0.137. The van der Waals surface area contributed by atoms with Gasteiger partial charge in [-0.05, 0) is 41.5 Å². The molecule has 6 heteroatoms. The summed E-state index contributed by atoms with van der Waals surface area (Å²) in [5.74, 6) is 0.994. The third-order valence-electron chi connectivity index (χ3n) is 6.00. The Morgan fingerprint density at radius 1 is 0.966 bits per heavy atom. The summed E-state index contributed by atoms with van der Waals surface area (Å²) in [6.07, 6.45) is 2.14. The first kappa shape index (κ1) is 18.2. The number of amides is 1. The topological polar surface area (TPSA) is 45.3 Å². The normalized spacial score (nSPS) is 24.6. The minimum Gasteiger partial charge on any atom is -0.497 e. The van der Waals surface area contributed by atoms with Crippen molar-refractivity contribution in [2.24, 2.45) is 0 Å². The fraction of sp³-hybridized carbons (Fsp3) is 0.348. The molecule has 0 aromatic heterocycles. The van der Waals surface area contributed by atoms with Crippen LogP contribution in [0.25, 0.3) is 5.70 Å². The van der Waals surface area contributed by atoms with E-state index in [1.165, 1.54) is 0 Å². The summed E-state index contributed by atoms with van der Waals surface area (Å²) < 4.78 is 10.8. The Kier molecular flexibility index (Phi) is 4.73. The number of carbonyl (C=O) groups is 1. The third kappa shape index (κ3) is 3.09. The van der Waals surface area contributed by atoms with Gasteiger partial charge in [-0.1, -0.05) is 30.3 Å².